The molecule has 0 aromatic carbocycles. The Morgan fingerprint density at radius 2 is 2.17 bits per heavy atom. The van der Waals surface area contributed by atoms with Crippen molar-refractivity contribution in [2.24, 2.45) is 0 Å². The zero-order chi connectivity index (χ0) is 13.3. The third-order valence-electron chi connectivity index (χ3n) is 2.32. The number of pyridine rings is 1. The Kier molecular flexibility index (Phi) is 2.98. The molecule has 0 amide bonds. The van der Waals surface area contributed by atoms with Crippen LogP contribution in [0.25, 0.3) is 5.65 Å². The maximum absolute atomic E-state index is 11.7. The summed E-state index contributed by atoms with van der Waals surface area (Å²) in [6, 6.07) is 5.45. The first-order valence-corrected chi connectivity index (χ1v) is 5.79. The minimum absolute atomic E-state index is 0.151. The van der Waals surface area contributed by atoms with E-state index in [1.54, 1.807) is 16.7 Å². The van der Waals surface area contributed by atoms with Crippen LogP contribution in [0.5, 0.6) is 0 Å². The number of ether oxygens (including phenoxy) is 1. The highest BCUT2D eigenvalue weighted by Gasteiger charge is 2.17. The van der Waals surface area contributed by atoms with Crippen LogP contribution >= 0.6 is 0 Å². The third kappa shape index (κ3) is 2.80. The summed E-state index contributed by atoms with van der Waals surface area (Å²) in [6.07, 6.45) is 1.91. The first-order valence-electron chi connectivity index (χ1n) is 5.79. The number of carbonyl (C=O) groups excluding carboxylic acids is 1. The summed E-state index contributed by atoms with van der Waals surface area (Å²) in [6.45, 7) is 5.52. The molecule has 5 heteroatoms. The summed E-state index contributed by atoms with van der Waals surface area (Å²) in [4.78, 5) is 16.0. The van der Waals surface area contributed by atoms with Crippen LogP contribution in [-0.4, -0.2) is 21.0 Å². The largest absolute Gasteiger partial charge is 0.460 e. The van der Waals surface area contributed by atoms with Crippen molar-refractivity contribution in [1.29, 1.82) is 0 Å². The fourth-order valence-corrected chi connectivity index (χ4v) is 1.69. The first-order chi connectivity index (χ1) is 8.35. The van der Waals surface area contributed by atoms with Crippen molar-refractivity contribution < 1.29 is 9.53 Å². The molecule has 2 rings (SSSR count). The lowest BCUT2D eigenvalue weighted by Gasteiger charge is -2.18. The van der Waals surface area contributed by atoms with Crippen molar-refractivity contribution in [3.63, 3.8) is 0 Å². The Hall–Kier alpha value is -2.04. The molecule has 0 bridgehead atoms. The third-order valence-corrected chi connectivity index (χ3v) is 2.32. The lowest BCUT2D eigenvalue weighted by atomic mass is 10.2. The standard InChI is InChI=1S/C13H17N3O2/c1-13(2,3)18-12(17)7-9-8-16-10(14)5-4-6-11(16)15-9/h4-6,8H,7,14H2,1-3H3. The number of esters is 1. The van der Waals surface area contributed by atoms with Gasteiger partial charge < -0.3 is 10.5 Å². The van der Waals surface area contributed by atoms with Gasteiger partial charge in [-0.05, 0) is 32.9 Å². The summed E-state index contributed by atoms with van der Waals surface area (Å²) >= 11 is 0. The van der Waals surface area contributed by atoms with Crippen LogP contribution in [-0.2, 0) is 16.0 Å². The van der Waals surface area contributed by atoms with E-state index in [-0.39, 0.29) is 12.4 Å². The molecule has 2 aromatic rings. The van der Waals surface area contributed by atoms with E-state index in [9.17, 15) is 4.79 Å². The molecular formula is C13H17N3O2. The predicted octanol–water partition coefficient (Wildman–Crippen LogP) is 1.80. The summed E-state index contributed by atoms with van der Waals surface area (Å²) in [5.74, 6) is 0.305. The van der Waals surface area contributed by atoms with E-state index in [0.717, 1.165) is 5.65 Å². The number of nitrogens with zero attached hydrogens (tertiary/aromatic N) is 2. The molecule has 0 saturated carbocycles. The minimum atomic E-state index is -0.477. The maximum atomic E-state index is 11.7. The molecule has 0 saturated heterocycles. The molecule has 0 radical (unpaired) electrons. The lowest BCUT2D eigenvalue weighted by molar-refractivity contribution is -0.153. The van der Waals surface area contributed by atoms with Gasteiger partial charge in [0, 0.05) is 6.20 Å². The van der Waals surface area contributed by atoms with Gasteiger partial charge in [-0.1, -0.05) is 6.07 Å². The second-order valence-corrected chi connectivity index (χ2v) is 5.17. The number of anilines is 1. The number of imidazole rings is 1. The van der Waals surface area contributed by atoms with E-state index >= 15 is 0 Å². The molecule has 96 valence electrons. The van der Waals surface area contributed by atoms with Crippen molar-refractivity contribution in [3.05, 3.63) is 30.1 Å². The van der Waals surface area contributed by atoms with E-state index in [2.05, 4.69) is 4.98 Å². The molecule has 5 nitrogen and oxygen atoms in total. The Balaban J connectivity index is 2.18. The van der Waals surface area contributed by atoms with Crippen LogP contribution in [0.3, 0.4) is 0 Å². The Morgan fingerprint density at radius 1 is 1.44 bits per heavy atom. The molecule has 0 unspecified atom stereocenters. The van der Waals surface area contributed by atoms with Gasteiger partial charge in [0.1, 0.15) is 17.1 Å². The molecular weight excluding hydrogens is 230 g/mol. The van der Waals surface area contributed by atoms with Gasteiger partial charge in [0.15, 0.2) is 0 Å². The molecule has 0 aliphatic heterocycles. The van der Waals surface area contributed by atoms with Crippen molar-refractivity contribution in [2.45, 2.75) is 32.8 Å². The zero-order valence-electron chi connectivity index (χ0n) is 10.8. The molecule has 2 heterocycles. The van der Waals surface area contributed by atoms with Gasteiger partial charge in [0.25, 0.3) is 0 Å². The Labute approximate surface area is 106 Å². The number of nitrogens with two attached hydrogens (primary N) is 1. The van der Waals surface area contributed by atoms with Gasteiger partial charge in [-0.15, -0.1) is 0 Å². The fourth-order valence-electron chi connectivity index (χ4n) is 1.69. The smallest absolute Gasteiger partial charge is 0.312 e. The van der Waals surface area contributed by atoms with Crippen LogP contribution in [0, 0.1) is 0 Å². The van der Waals surface area contributed by atoms with Crippen molar-refractivity contribution >= 4 is 17.4 Å². The van der Waals surface area contributed by atoms with E-state index in [1.165, 1.54) is 0 Å². The topological polar surface area (TPSA) is 69.6 Å². The number of fused-ring (bicyclic) bond motifs is 1. The van der Waals surface area contributed by atoms with Crippen LogP contribution in [0.15, 0.2) is 24.4 Å². The highest BCUT2D eigenvalue weighted by Crippen LogP contribution is 2.13. The minimum Gasteiger partial charge on any atom is -0.460 e. The van der Waals surface area contributed by atoms with Crippen LogP contribution < -0.4 is 5.73 Å². The maximum Gasteiger partial charge on any atom is 0.312 e. The zero-order valence-corrected chi connectivity index (χ0v) is 10.8. The van der Waals surface area contributed by atoms with Crippen molar-refractivity contribution in [3.8, 4) is 0 Å². The molecule has 2 aromatic heterocycles. The highest BCUT2D eigenvalue weighted by atomic mass is 16.6. The molecule has 0 spiro atoms. The SMILES string of the molecule is CC(C)(C)OC(=O)Cc1cn2c(N)cccc2n1. The quantitative estimate of drug-likeness (QED) is 0.821. The van der Waals surface area contributed by atoms with Gasteiger partial charge in [-0.25, -0.2) is 4.98 Å². The highest BCUT2D eigenvalue weighted by molar-refractivity contribution is 5.72. The average Bonchev–Trinajstić information content (AvgIpc) is 2.58. The summed E-state index contributed by atoms with van der Waals surface area (Å²) < 4.78 is 7.00. The van der Waals surface area contributed by atoms with E-state index in [1.807, 2.05) is 32.9 Å². The number of nitrogen functional groups attached to an aromatic ring is 1. The second kappa shape index (κ2) is 4.33. The predicted molar refractivity (Wildman–Crippen MR) is 69.2 cm³/mol. The van der Waals surface area contributed by atoms with Gasteiger partial charge in [-0.3, -0.25) is 9.20 Å². The van der Waals surface area contributed by atoms with E-state index in [4.69, 9.17) is 10.5 Å². The molecule has 0 fully saturated rings. The fraction of sp³-hybridized carbons (Fsp3) is 0.385. The Morgan fingerprint density at radius 3 is 2.78 bits per heavy atom. The number of aromatic nitrogens is 2. The van der Waals surface area contributed by atoms with Gasteiger partial charge >= 0.3 is 5.97 Å². The molecule has 0 atom stereocenters. The van der Waals surface area contributed by atoms with Crippen LogP contribution in [0.4, 0.5) is 5.82 Å². The van der Waals surface area contributed by atoms with Crippen molar-refractivity contribution in [1.82, 2.24) is 9.38 Å². The van der Waals surface area contributed by atoms with Crippen molar-refractivity contribution in [2.75, 3.05) is 5.73 Å². The number of carbonyl (C=O) groups is 1. The Bertz CT molecular complexity index is 581. The van der Waals surface area contributed by atoms with Gasteiger partial charge in [-0.2, -0.15) is 0 Å². The normalized spacial score (nSPS) is 11.7. The van der Waals surface area contributed by atoms with Crippen LogP contribution in [0.1, 0.15) is 26.5 Å². The average molecular weight is 247 g/mol. The summed E-state index contributed by atoms with van der Waals surface area (Å²) in [5, 5.41) is 0. The van der Waals surface area contributed by atoms with Gasteiger partial charge in [0.05, 0.1) is 12.1 Å². The molecule has 0 aliphatic rings. The summed E-state index contributed by atoms with van der Waals surface area (Å²) in [7, 11) is 0. The first kappa shape index (κ1) is 12.4. The number of hydrogen-bond acceptors (Lipinski definition) is 4. The lowest BCUT2D eigenvalue weighted by Crippen LogP contribution is -2.24. The molecule has 18 heavy (non-hydrogen) atoms. The second-order valence-electron chi connectivity index (χ2n) is 5.17. The van der Waals surface area contributed by atoms with E-state index in [0.29, 0.717) is 11.5 Å². The van der Waals surface area contributed by atoms with E-state index < -0.39 is 5.60 Å². The molecule has 2 N–H and O–H groups in total. The monoisotopic (exact) mass is 247 g/mol. The number of rotatable bonds is 2. The summed E-state index contributed by atoms with van der Waals surface area (Å²) in [5.41, 5.74) is 6.72. The van der Waals surface area contributed by atoms with Gasteiger partial charge in [0.2, 0.25) is 0 Å². The van der Waals surface area contributed by atoms with Crippen LogP contribution in [0.2, 0.25) is 0 Å². The number of hydrogen-bond donors (Lipinski definition) is 1. The molecule has 0 aliphatic carbocycles.